The van der Waals surface area contributed by atoms with Crippen LogP contribution in [0.2, 0.25) is 0 Å². The molecular weight excluding hydrogens is 262 g/mol. The smallest absolute Gasteiger partial charge is 0.227 e. The molecule has 0 aliphatic rings. The molecule has 2 aromatic rings. The van der Waals surface area contributed by atoms with Crippen molar-refractivity contribution in [3.63, 3.8) is 0 Å². The van der Waals surface area contributed by atoms with Crippen molar-refractivity contribution >= 4 is 11.6 Å². The summed E-state index contributed by atoms with van der Waals surface area (Å²) in [5, 5.41) is 11.8. The summed E-state index contributed by atoms with van der Waals surface area (Å²) in [6.45, 7) is 0.651. The first kappa shape index (κ1) is 14.5. The molecule has 21 heavy (non-hydrogen) atoms. The predicted molar refractivity (Wildman–Crippen MR) is 81.6 cm³/mol. The Hall–Kier alpha value is -2.89. The second-order valence-electron chi connectivity index (χ2n) is 4.30. The molecule has 104 valence electrons. The van der Waals surface area contributed by atoms with Crippen LogP contribution < -0.4 is 11.1 Å². The minimum atomic E-state index is 0.493. The van der Waals surface area contributed by atoms with E-state index in [-0.39, 0.29) is 0 Å². The predicted octanol–water partition coefficient (Wildman–Crippen LogP) is 2.18. The highest BCUT2D eigenvalue weighted by Gasteiger charge is 1.98. The van der Waals surface area contributed by atoms with Crippen molar-refractivity contribution < 1.29 is 0 Å². The minimum Gasteiger partial charge on any atom is -0.330 e. The third kappa shape index (κ3) is 4.61. The summed E-state index contributed by atoms with van der Waals surface area (Å²) in [5.74, 6) is 6.51. The van der Waals surface area contributed by atoms with Gasteiger partial charge in [-0.1, -0.05) is 11.8 Å². The number of benzene rings is 1. The number of anilines is 2. The molecule has 2 rings (SSSR count). The Balaban J connectivity index is 1.98. The molecule has 5 nitrogen and oxygen atoms in total. The molecule has 0 unspecified atom stereocenters. The van der Waals surface area contributed by atoms with Crippen LogP contribution in [0.4, 0.5) is 11.6 Å². The van der Waals surface area contributed by atoms with Crippen LogP contribution in [0.15, 0.2) is 36.7 Å². The SMILES string of the molecule is N#Cc1ccc(Nc2ncc(C#CCCCN)cn2)cc1. The van der Waals surface area contributed by atoms with Crippen LogP contribution in [0.1, 0.15) is 24.0 Å². The molecule has 1 aromatic carbocycles. The van der Waals surface area contributed by atoms with E-state index in [9.17, 15) is 0 Å². The highest BCUT2D eigenvalue weighted by atomic mass is 15.1. The zero-order valence-electron chi connectivity index (χ0n) is 11.5. The van der Waals surface area contributed by atoms with Gasteiger partial charge in [0.2, 0.25) is 5.95 Å². The van der Waals surface area contributed by atoms with Crippen LogP contribution in [-0.2, 0) is 0 Å². The molecule has 5 heteroatoms. The lowest BCUT2D eigenvalue weighted by Crippen LogP contribution is -1.97. The maximum Gasteiger partial charge on any atom is 0.227 e. The van der Waals surface area contributed by atoms with Gasteiger partial charge in [-0.25, -0.2) is 9.97 Å². The largest absolute Gasteiger partial charge is 0.330 e. The lowest BCUT2D eigenvalue weighted by atomic mass is 10.2. The molecule has 0 bridgehead atoms. The van der Waals surface area contributed by atoms with Gasteiger partial charge in [-0.05, 0) is 37.2 Å². The summed E-state index contributed by atoms with van der Waals surface area (Å²) in [5.41, 5.74) is 7.62. The third-order valence-corrected chi connectivity index (χ3v) is 2.66. The molecule has 0 amide bonds. The molecule has 0 radical (unpaired) electrons. The molecule has 0 spiro atoms. The number of nitrogens with zero attached hydrogens (tertiary/aromatic N) is 3. The Kier molecular flexibility index (Phi) is 5.28. The van der Waals surface area contributed by atoms with E-state index in [0.717, 1.165) is 24.1 Å². The van der Waals surface area contributed by atoms with Crippen LogP contribution in [0.3, 0.4) is 0 Å². The maximum atomic E-state index is 8.74. The molecular formula is C16H15N5. The lowest BCUT2D eigenvalue weighted by Gasteiger charge is -2.03. The van der Waals surface area contributed by atoms with Gasteiger partial charge in [0.05, 0.1) is 17.2 Å². The zero-order chi connectivity index (χ0) is 14.9. The fraction of sp³-hybridized carbons (Fsp3) is 0.188. The average Bonchev–Trinajstić information content (AvgIpc) is 2.54. The van der Waals surface area contributed by atoms with Gasteiger partial charge in [-0.3, -0.25) is 0 Å². The van der Waals surface area contributed by atoms with E-state index >= 15 is 0 Å². The molecule has 3 N–H and O–H groups in total. The van der Waals surface area contributed by atoms with Crippen molar-refractivity contribution in [1.29, 1.82) is 5.26 Å². The van der Waals surface area contributed by atoms with Crippen molar-refractivity contribution in [1.82, 2.24) is 9.97 Å². The number of unbranched alkanes of at least 4 members (excludes halogenated alkanes) is 1. The maximum absolute atomic E-state index is 8.74. The van der Waals surface area contributed by atoms with E-state index in [2.05, 4.69) is 33.2 Å². The van der Waals surface area contributed by atoms with Crippen molar-refractivity contribution in [3.8, 4) is 17.9 Å². The highest BCUT2D eigenvalue weighted by Crippen LogP contribution is 2.13. The van der Waals surface area contributed by atoms with Crippen molar-refractivity contribution in [2.45, 2.75) is 12.8 Å². The number of hydrogen-bond acceptors (Lipinski definition) is 5. The number of aromatic nitrogens is 2. The Labute approximate surface area is 123 Å². The summed E-state index contributed by atoms with van der Waals surface area (Å²) in [7, 11) is 0. The van der Waals surface area contributed by atoms with Crippen molar-refractivity contribution in [2.75, 3.05) is 11.9 Å². The lowest BCUT2D eigenvalue weighted by molar-refractivity contribution is 0.870. The van der Waals surface area contributed by atoms with Crippen LogP contribution in [0.5, 0.6) is 0 Å². The Morgan fingerprint density at radius 3 is 2.43 bits per heavy atom. The van der Waals surface area contributed by atoms with Gasteiger partial charge in [0.1, 0.15) is 0 Å². The Bertz CT molecular complexity index is 672. The van der Waals surface area contributed by atoms with Crippen molar-refractivity contribution in [2.24, 2.45) is 5.73 Å². The fourth-order valence-corrected chi connectivity index (χ4v) is 1.57. The average molecular weight is 277 g/mol. The fourth-order valence-electron chi connectivity index (χ4n) is 1.57. The Morgan fingerprint density at radius 2 is 1.81 bits per heavy atom. The van der Waals surface area contributed by atoms with Gasteiger partial charge in [0, 0.05) is 24.5 Å². The van der Waals surface area contributed by atoms with Crippen LogP contribution in [-0.4, -0.2) is 16.5 Å². The monoisotopic (exact) mass is 277 g/mol. The quantitative estimate of drug-likeness (QED) is 0.660. The van der Waals surface area contributed by atoms with E-state index in [0.29, 0.717) is 18.1 Å². The van der Waals surface area contributed by atoms with E-state index in [1.54, 1.807) is 24.5 Å². The standard InChI is InChI=1S/C16H15N5/c17-9-3-1-2-4-14-11-19-16(20-12-14)21-15-7-5-13(10-18)6-8-15/h5-8,11-12H,1,3,9,17H2,(H,19,20,21). The van der Waals surface area contributed by atoms with Gasteiger partial charge >= 0.3 is 0 Å². The molecule has 1 aromatic heterocycles. The second-order valence-corrected chi connectivity index (χ2v) is 4.30. The minimum absolute atomic E-state index is 0.493. The summed E-state index contributed by atoms with van der Waals surface area (Å²) >= 11 is 0. The molecule has 0 aliphatic heterocycles. The molecule has 1 heterocycles. The van der Waals surface area contributed by atoms with Crippen LogP contribution in [0.25, 0.3) is 0 Å². The number of nitrogens with two attached hydrogens (primary N) is 1. The highest BCUT2D eigenvalue weighted by molar-refractivity contribution is 5.54. The van der Waals surface area contributed by atoms with Crippen LogP contribution >= 0.6 is 0 Å². The molecule has 0 fully saturated rings. The molecule has 0 saturated heterocycles. The zero-order valence-corrected chi connectivity index (χ0v) is 11.5. The summed E-state index contributed by atoms with van der Waals surface area (Å²) < 4.78 is 0. The second kappa shape index (κ2) is 7.64. The van der Waals surface area contributed by atoms with Gasteiger partial charge < -0.3 is 11.1 Å². The number of rotatable bonds is 4. The number of nitriles is 1. The molecule has 0 atom stereocenters. The first-order valence-corrected chi connectivity index (χ1v) is 6.60. The van der Waals surface area contributed by atoms with Gasteiger partial charge in [0.25, 0.3) is 0 Å². The molecule has 0 aliphatic carbocycles. The van der Waals surface area contributed by atoms with Gasteiger partial charge in [-0.2, -0.15) is 5.26 Å². The summed E-state index contributed by atoms with van der Waals surface area (Å²) in [4.78, 5) is 8.40. The summed E-state index contributed by atoms with van der Waals surface area (Å²) in [6, 6.07) is 9.16. The first-order chi connectivity index (χ1) is 10.3. The number of nitrogens with one attached hydrogen (secondary N) is 1. The topological polar surface area (TPSA) is 87.6 Å². The molecule has 0 saturated carbocycles. The third-order valence-electron chi connectivity index (χ3n) is 2.66. The van der Waals surface area contributed by atoms with Gasteiger partial charge in [0.15, 0.2) is 0 Å². The Morgan fingerprint density at radius 1 is 1.10 bits per heavy atom. The van der Waals surface area contributed by atoms with E-state index in [4.69, 9.17) is 11.0 Å². The van der Waals surface area contributed by atoms with Gasteiger partial charge in [-0.15, -0.1) is 0 Å². The van der Waals surface area contributed by atoms with Crippen LogP contribution in [0, 0.1) is 23.2 Å². The van der Waals surface area contributed by atoms with E-state index in [1.807, 2.05) is 12.1 Å². The van der Waals surface area contributed by atoms with Crippen molar-refractivity contribution in [3.05, 3.63) is 47.8 Å². The first-order valence-electron chi connectivity index (χ1n) is 6.60. The normalized spacial score (nSPS) is 9.33. The number of hydrogen-bond donors (Lipinski definition) is 2. The van der Waals surface area contributed by atoms with E-state index in [1.165, 1.54) is 0 Å². The summed E-state index contributed by atoms with van der Waals surface area (Å²) in [6.07, 6.45) is 5.02. The van der Waals surface area contributed by atoms with E-state index < -0.39 is 0 Å².